The zero-order chi connectivity index (χ0) is 9.26. The summed E-state index contributed by atoms with van der Waals surface area (Å²) in [5, 5.41) is 7.04. The highest BCUT2D eigenvalue weighted by molar-refractivity contribution is 9.10. The first kappa shape index (κ1) is 8.51. The zero-order valence-corrected chi connectivity index (χ0v) is 8.80. The van der Waals surface area contributed by atoms with Gasteiger partial charge in [-0.25, -0.2) is 0 Å². The predicted octanol–water partition coefficient (Wildman–Crippen LogP) is 3.15. The average Bonchev–Trinajstić information content (AvgIpc) is 2.52. The average molecular weight is 237 g/mol. The van der Waals surface area contributed by atoms with Gasteiger partial charge in [-0.1, -0.05) is 34.1 Å². The number of hydrogen-bond acceptors (Lipinski definition) is 1. The summed E-state index contributed by atoms with van der Waals surface area (Å²) in [4.78, 5) is 0. The van der Waals surface area contributed by atoms with Crippen LogP contribution in [0.15, 0.2) is 34.9 Å². The van der Waals surface area contributed by atoms with Crippen LogP contribution in [-0.2, 0) is 0 Å². The predicted molar refractivity (Wildman–Crippen MR) is 56.5 cm³/mol. The lowest BCUT2D eigenvalue weighted by Crippen LogP contribution is -1.81. The van der Waals surface area contributed by atoms with Gasteiger partial charge in [0.2, 0.25) is 0 Å². The highest BCUT2D eigenvalue weighted by atomic mass is 79.9. The van der Waals surface area contributed by atoms with Crippen LogP contribution in [0.1, 0.15) is 5.56 Å². The van der Waals surface area contributed by atoms with E-state index < -0.39 is 0 Å². The third-order valence-electron chi connectivity index (χ3n) is 1.96. The summed E-state index contributed by atoms with van der Waals surface area (Å²) in [6.45, 7) is 2.04. The van der Waals surface area contributed by atoms with Gasteiger partial charge in [-0.15, -0.1) is 0 Å². The number of nitrogens with one attached hydrogen (secondary N) is 1. The third-order valence-corrected chi connectivity index (χ3v) is 2.65. The Morgan fingerprint density at radius 3 is 2.69 bits per heavy atom. The van der Waals surface area contributed by atoms with E-state index in [0.29, 0.717) is 0 Å². The Morgan fingerprint density at radius 1 is 1.31 bits per heavy atom. The number of H-pyrrole nitrogens is 1. The molecule has 1 heterocycles. The third kappa shape index (κ3) is 1.52. The molecular formula is C10H9BrN2. The van der Waals surface area contributed by atoms with Crippen LogP contribution in [0.5, 0.6) is 0 Å². The van der Waals surface area contributed by atoms with Gasteiger partial charge in [0.25, 0.3) is 0 Å². The van der Waals surface area contributed by atoms with Crippen LogP contribution in [0.3, 0.4) is 0 Å². The Bertz CT molecular complexity index is 420. The fraction of sp³-hybridized carbons (Fsp3) is 0.100. The van der Waals surface area contributed by atoms with Crippen LogP contribution in [0.2, 0.25) is 0 Å². The second-order valence-corrected chi connectivity index (χ2v) is 3.75. The topological polar surface area (TPSA) is 28.7 Å². The molecule has 0 atom stereocenters. The van der Waals surface area contributed by atoms with Crippen molar-refractivity contribution in [2.24, 2.45) is 0 Å². The standard InChI is InChI=1S/C10H9BrN2/c1-7-6-12-13-10(7)8-4-2-3-5-9(8)11/h2-6H,1H3,(H,12,13). The molecule has 0 unspecified atom stereocenters. The summed E-state index contributed by atoms with van der Waals surface area (Å²) in [5.74, 6) is 0. The van der Waals surface area contributed by atoms with Crippen molar-refractivity contribution >= 4 is 15.9 Å². The van der Waals surface area contributed by atoms with Gasteiger partial charge < -0.3 is 0 Å². The molecule has 0 aliphatic carbocycles. The van der Waals surface area contributed by atoms with E-state index >= 15 is 0 Å². The van der Waals surface area contributed by atoms with Crippen molar-refractivity contribution in [2.45, 2.75) is 6.92 Å². The zero-order valence-electron chi connectivity index (χ0n) is 7.21. The van der Waals surface area contributed by atoms with Crippen LogP contribution in [0, 0.1) is 6.92 Å². The van der Waals surface area contributed by atoms with Gasteiger partial charge in [0.1, 0.15) is 0 Å². The Kier molecular flexibility index (Phi) is 2.19. The van der Waals surface area contributed by atoms with Crippen LogP contribution in [-0.4, -0.2) is 10.2 Å². The normalized spacial score (nSPS) is 10.3. The second kappa shape index (κ2) is 3.34. The minimum Gasteiger partial charge on any atom is -0.285 e. The van der Waals surface area contributed by atoms with E-state index in [1.807, 2.05) is 37.4 Å². The minimum absolute atomic E-state index is 1.01. The lowest BCUT2D eigenvalue weighted by molar-refractivity contribution is 1.09. The van der Waals surface area contributed by atoms with Gasteiger partial charge in [0.05, 0.1) is 5.69 Å². The molecule has 2 aromatic rings. The highest BCUT2D eigenvalue weighted by Gasteiger charge is 2.06. The number of aryl methyl sites for hydroxylation is 1. The summed E-state index contributed by atoms with van der Waals surface area (Å²) < 4.78 is 1.07. The molecule has 0 fully saturated rings. The van der Waals surface area contributed by atoms with Crippen molar-refractivity contribution in [2.75, 3.05) is 0 Å². The first-order valence-electron chi connectivity index (χ1n) is 4.04. The number of aromatic amines is 1. The number of rotatable bonds is 1. The van der Waals surface area contributed by atoms with E-state index in [4.69, 9.17) is 0 Å². The van der Waals surface area contributed by atoms with E-state index in [9.17, 15) is 0 Å². The van der Waals surface area contributed by atoms with E-state index in [1.165, 1.54) is 0 Å². The fourth-order valence-electron chi connectivity index (χ4n) is 1.28. The number of benzene rings is 1. The molecule has 0 amide bonds. The van der Waals surface area contributed by atoms with E-state index in [2.05, 4.69) is 26.1 Å². The molecule has 0 bridgehead atoms. The molecule has 66 valence electrons. The van der Waals surface area contributed by atoms with Crippen molar-refractivity contribution in [1.82, 2.24) is 10.2 Å². The molecule has 0 spiro atoms. The molecule has 0 radical (unpaired) electrons. The lowest BCUT2D eigenvalue weighted by atomic mass is 10.1. The van der Waals surface area contributed by atoms with Gasteiger partial charge in [-0.05, 0) is 18.6 Å². The molecule has 2 nitrogen and oxygen atoms in total. The number of halogens is 1. The Labute approximate surface area is 85.1 Å². The fourth-order valence-corrected chi connectivity index (χ4v) is 1.75. The molecule has 1 aromatic carbocycles. The molecule has 0 aliphatic heterocycles. The Hall–Kier alpha value is -1.09. The molecule has 3 heteroatoms. The Balaban J connectivity index is 2.59. The summed E-state index contributed by atoms with van der Waals surface area (Å²) >= 11 is 3.50. The second-order valence-electron chi connectivity index (χ2n) is 2.90. The van der Waals surface area contributed by atoms with Crippen LogP contribution in [0.25, 0.3) is 11.3 Å². The monoisotopic (exact) mass is 236 g/mol. The molecule has 0 saturated heterocycles. The minimum atomic E-state index is 1.01. The summed E-state index contributed by atoms with van der Waals surface area (Å²) in [6.07, 6.45) is 1.90. The summed E-state index contributed by atoms with van der Waals surface area (Å²) in [7, 11) is 0. The molecular weight excluding hydrogens is 228 g/mol. The number of aromatic nitrogens is 2. The van der Waals surface area contributed by atoms with E-state index in [-0.39, 0.29) is 0 Å². The first-order chi connectivity index (χ1) is 6.29. The van der Waals surface area contributed by atoms with Crippen LogP contribution in [0.4, 0.5) is 0 Å². The molecule has 13 heavy (non-hydrogen) atoms. The van der Waals surface area contributed by atoms with Gasteiger partial charge in [-0.2, -0.15) is 5.10 Å². The maximum atomic E-state index is 4.19. The number of nitrogens with zero attached hydrogens (tertiary/aromatic N) is 1. The van der Waals surface area contributed by atoms with E-state index in [1.54, 1.807) is 0 Å². The molecule has 0 saturated carbocycles. The first-order valence-corrected chi connectivity index (χ1v) is 4.83. The largest absolute Gasteiger partial charge is 0.285 e. The van der Waals surface area contributed by atoms with Crippen molar-refractivity contribution < 1.29 is 0 Å². The quantitative estimate of drug-likeness (QED) is 0.810. The Morgan fingerprint density at radius 2 is 2.08 bits per heavy atom. The van der Waals surface area contributed by atoms with Crippen LogP contribution < -0.4 is 0 Å². The SMILES string of the molecule is Cc1c[nH]nc1-c1ccccc1Br. The van der Waals surface area contributed by atoms with Crippen molar-refractivity contribution in [3.05, 3.63) is 40.5 Å². The van der Waals surface area contributed by atoms with Crippen LogP contribution >= 0.6 is 15.9 Å². The van der Waals surface area contributed by atoms with Gasteiger partial charge in [0.15, 0.2) is 0 Å². The van der Waals surface area contributed by atoms with Gasteiger partial charge >= 0.3 is 0 Å². The maximum absolute atomic E-state index is 4.19. The highest BCUT2D eigenvalue weighted by Crippen LogP contribution is 2.27. The molecule has 1 aromatic heterocycles. The lowest BCUT2D eigenvalue weighted by Gasteiger charge is -2.00. The van der Waals surface area contributed by atoms with Crippen molar-refractivity contribution in [3.8, 4) is 11.3 Å². The molecule has 0 aliphatic rings. The maximum Gasteiger partial charge on any atom is 0.0961 e. The van der Waals surface area contributed by atoms with Crippen molar-refractivity contribution in [3.63, 3.8) is 0 Å². The van der Waals surface area contributed by atoms with Gasteiger partial charge in [0, 0.05) is 16.2 Å². The molecule has 1 N–H and O–H groups in total. The number of hydrogen-bond donors (Lipinski definition) is 1. The van der Waals surface area contributed by atoms with Crippen molar-refractivity contribution in [1.29, 1.82) is 0 Å². The molecule has 2 rings (SSSR count). The summed E-state index contributed by atoms with van der Waals surface area (Å²) in [5.41, 5.74) is 3.29. The smallest absolute Gasteiger partial charge is 0.0961 e. The van der Waals surface area contributed by atoms with E-state index in [0.717, 1.165) is 21.3 Å². The van der Waals surface area contributed by atoms with Gasteiger partial charge in [-0.3, -0.25) is 5.10 Å². The summed E-state index contributed by atoms with van der Waals surface area (Å²) in [6, 6.07) is 8.07.